The Morgan fingerprint density at radius 2 is 1.69 bits per heavy atom. The largest absolute Gasteiger partial charge is 0.323 e. The quantitative estimate of drug-likeness (QED) is 0.540. The maximum absolute atomic E-state index is 11.4. The summed E-state index contributed by atoms with van der Waals surface area (Å²) in [5.74, 6) is 0. The Morgan fingerprint density at radius 1 is 1.08 bits per heavy atom. The molecule has 0 aromatic carbocycles. The zero-order valence-corrected chi connectivity index (χ0v) is 7.81. The van der Waals surface area contributed by atoms with E-state index in [1.807, 2.05) is 0 Å². The highest BCUT2D eigenvalue weighted by Gasteiger charge is 2.50. The van der Waals surface area contributed by atoms with E-state index < -0.39 is 0 Å². The number of likely N-dealkylation sites (N-methyl/N-ethyl adjacent to an activating group) is 3. The van der Waals surface area contributed by atoms with E-state index in [1.54, 1.807) is 26.0 Å². The van der Waals surface area contributed by atoms with E-state index >= 15 is 0 Å². The van der Waals surface area contributed by atoms with Crippen molar-refractivity contribution in [2.24, 2.45) is 0 Å². The second-order valence-electron chi connectivity index (χ2n) is 3.42. The molecule has 0 aromatic heterocycles. The van der Waals surface area contributed by atoms with Crippen LogP contribution in [0.3, 0.4) is 0 Å². The third kappa shape index (κ3) is 0.824. The highest BCUT2D eigenvalue weighted by molar-refractivity contribution is 5.84. The van der Waals surface area contributed by atoms with Gasteiger partial charge in [0.1, 0.15) is 12.3 Å². The third-order valence-corrected chi connectivity index (χ3v) is 2.69. The topological polar surface area (TPSA) is 55.9 Å². The van der Waals surface area contributed by atoms with Crippen molar-refractivity contribution in [2.45, 2.75) is 12.3 Å². The average molecular weight is 184 g/mol. The molecule has 0 unspecified atom stereocenters. The number of urea groups is 2. The minimum absolute atomic E-state index is 0.0677. The van der Waals surface area contributed by atoms with Crippen LogP contribution in [0.2, 0.25) is 0 Å². The zero-order valence-electron chi connectivity index (χ0n) is 7.81. The fourth-order valence-electron chi connectivity index (χ4n) is 1.88. The predicted octanol–water partition coefficient (Wildman–Crippen LogP) is -0.709. The van der Waals surface area contributed by atoms with Gasteiger partial charge in [0.2, 0.25) is 0 Å². The van der Waals surface area contributed by atoms with Crippen LogP contribution < -0.4 is 5.32 Å². The first-order valence-electron chi connectivity index (χ1n) is 4.07. The molecule has 2 rings (SSSR count). The molecule has 2 saturated heterocycles. The molecular formula is C7H12N4O2. The van der Waals surface area contributed by atoms with Gasteiger partial charge in [-0.05, 0) is 0 Å². The molecule has 0 radical (unpaired) electrons. The van der Waals surface area contributed by atoms with Crippen LogP contribution in [0.25, 0.3) is 0 Å². The lowest BCUT2D eigenvalue weighted by molar-refractivity contribution is 0.161. The number of carbonyl (C=O) groups excluding carboxylic acids is 2. The van der Waals surface area contributed by atoms with E-state index in [0.717, 1.165) is 0 Å². The number of nitrogens with zero attached hydrogens (tertiary/aromatic N) is 3. The Labute approximate surface area is 76.1 Å². The van der Waals surface area contributed by atoms with Crippen molar-refractivity contribution in [3.63, 3.8) is 0 Å². The fraction of sp³-hybridized carbons (Fsp3) is 0.714. The van der Waals surface area contributed by atoms with Crippen LogP contribution >= 0.6 is 0 Å². The van der Waals surface area contributed by atoms with Gasteiger partial charge in [-0.2, -0.15) is 0 Å². The number of carbonyl (C=O) groups is 2. The number of amides is 4. The average Bonchev–Trinajstić information content (AvgIpc) is 2.48. The summed E-state index contributed by atoms with van der Waals surface area (Å²) in [7, 11) is 5.06. The minimum atomic E-state index is -0.213. The lowest BCUT2D eigenvalue weighted by atomic mass is 10.4. The maximum atomic E-state index is 11.4. The van der Waals surface area contributed by atoms with Gasteiger partial charge < -0.3 is 20.0 Å². The first-order valence-corrected chi connectivity index (χ1v) is 4.07. The van der Waals surface area contributed by atoms with Gasteiger partial charge in [-0.3, -0.25) is 0 Å². The summed E-state index contributed by atoms with van der Waals surface area (Å²) >= 11 is 0. The molecule has 2 atom stereocenters. The normalized spacial score (nSPS) is 32.7. The summed E-state index contributed by atoms with van der Waals surface area (Å²) in [6.07, 6.45) is -0.389. The summed E-state index contributed by atoms with van der Waals surface area (Å²) < 4.78 is 0. The van der Waals surface area contributed by atoms with Crippen LogP contribution in [-0.2, 0) is 0 Å². The Kier molecular flexibility index (Phi) is 1.43. The Morgan fingerprint density at radius 3 is 2.23 bits per heavy atom. The van der Waals surface area contributed by atoms with Crippen molar-refractivity contribution in [1.82, 2.24) is 20.0 Å². The molecule has 1 N–H and O–H groups in total. The molecule has 4 amide bonds. The molecule has 2 heterocycles. The molecule has 13 heavy (non-hydrogen) atoms. The molecule has 0 aliphatic carbocycles. The number of rotatable bonds is 0. The molecule has 2 fully saturated rings. The highest BCUT2D eigenvalue weighted by Crippen LogP contribution is 2.24. The van der Waals surface area contributed by atoms with Crippen molar-refractivity contribution < 1.29 is 9.59 Å². The molecule has 0 aromatic rings. The van der Waals surface area contributed by atoms with E-state index in [9.17, 15) is 9.59 Å². The molecule has 0 bridgehead atoms. The summed E-state index contributed by atoms with van der Waals surface area (Å²) in [6, 6.07) is -0.206. The monoisotopic (exact) mass is 184 g/mol. The number of hydrogen-bond acceptors (Lipinski definition) is 2. The van der Waals surface area contributed by atoms with Crippen LogP contribution in [0.1, 0.15) is 0 Å². The second kappa shape index (κ2) is 2.27. The molecule has 6 nitrogen and oxygen atoms in total. The van der Waals surface area contributed by atoms with Gasteiger partial charge in [-0.1, -0.05) is 0 Å². The third-order valence-electron chi connectivity index (χ3n) is 2.69. The number of fused-ring (bicyclic) bond motifs is 1. The lowest BCUT2D eigenvalue weighted by Gasteiger charge is -2.22. The van der Waals surface area contributed by atoms with E-state index in [2.05, 4.69) is 5.32 Å². The maximum Gasteiger partial charge on any atom is 0.323 e. The molecular weight excluding hydrogens is 172 g/mol. The summed E-state index contributed by atoms with van der Waals surface area (Å²) in [5.41, 5.74) is 0. The van der Waals surface area contributed by atoms with Crippen molar-refractivity contribution in [3.05, 3.63) is 0 Å². The van der Waals surface area contributed by atoms with Crippen LogP contribution in [0.5, 0.6) is 0 Å². The summed E-state index contributed by atoms with van der Waals surface area (Å²) in [4.78, 5) is 27.3. The van der Waals surface area contributed by atoms with E-state index in [0.29, 0.717) is 0 Å². The fourth-order valence-corrected chi connectivity index (χ4v) is 1.88. The van der Waals surface area contributed by atoms with Gasteiger partial charge >= 0.3 is 12.1 Å². The van der Waals surface area contributed by atoms with Gasteiger partial charge in [-0.15, -0.1) is 0 Å². The lowest BCUT2D eigenvalue weighted by Crippen LogP contribution is -2.42. The Bertz CT molecular complexity index is 280. The minimum Gasteiger partial charge on any atom is -0.314 e. The van der Waals surface area contributed by atoms with Crippen LogP contribution in [0.15, 0.2) is 0 Å². The van der Waals surface area contributed by atoms with Gasteiger partial charge in [0.15, 0.2) is 0 Å². The van der Waals surface area contributed by atoms with Crippen LogP contribution in [-0.4, -0.2) is 60.2 Å². The molecule has 72 valence electrons. The zero-order chi connectivity index (χ0) is 9.75. The van der Waals surface area contributed by atoms with E-state index in [-0.39, 0.29) is 24.4 Å². The van der Waals surface area contributed by atoms with Gasteiger partial charge in [0, 0.05) is 21.1 Å². The number of nitrogens with one attached hydrogen (secondary N) is 1. The molecule has 0 spiro atoms. The summed E-state index contributed by atoms with van der Waals surface area (Å²) in [6.45, 7) is 0. The molecule has 0 saturated carbocycles. The van der Waals surface area contributed by atoms with Crippen molar-refractivity contribution in [3.8, 4) is 0 Å². The smallest absolute Gasteiger partial charge is 0.314 e. The number of hydrogen-bond donors (Lipinski definition) is 1. The van der Waals surface area contributed by atoms with Crippen LogP contribution in [0, 0.1) is 0 Å². The van der Waals surface area contributed by atoms with Crippen molar-refractivity contribution in [1.29, 1.82) is 0 Å². The molecule has 2 aliphatic heterocycles. The SMILES string of the molecule is CN1C(=O)N[C@@H]2[C@H]1N(C)C(=O)N2C. The molecule has 6 heteroatoms. The summed E-state index contributed by atoms with van der Waals surface area (Å²) in [5, 5.41) is 2.73. The van der Waals surface area contributed by atoms with Gasteiger partial charge in [-0.25, -0.2) is 9.59 Å². The van der Waals surface area contributed by atoms with Crippen LogP contribution in [0.4, 0.5) is 9.59 Å². The first kappa shape index (κ1) is 8.15. The predicted molar refractivity (Wildman–Crippen MR) is 44.8 cm³/mol. The molecule has 2 aliphatic rings. The van der Waals surface area contributed by atoms with Crippen molar-refractivity contribution in [2.75, 3.05) is 21.1 Å². The Balaban J connectivity index is 2.32. The van der Waals surface area contributed by atoms with Gasteiger partial charge in [0.25, 0.3) is 0 Å². The second-order valence-corrected chi connectivity index (χ2v) is 3.42. The first-order chi connectivity index (χ1) is 6.04. The highest BCUT2D eigenvalue weighted by atomic mass is 16.2. The van der Waals surface area contributed by atoms with Gasteiger partial charge in [0.05, 0.1) is 0 Å². The van der Waals surface area contributed by atoms with Crippen molar-refractivity contribution >= 4 is 12.1 Å². The Hall–Kier alpha value is -1.46. The van der Waals surface area contributed by atoms with E-state index in [4.69, 9.17) is 0 Å². The standard InChI is InChI=1S/C7H12N4O2/c1-9-4-5(11(3)7(9)13)10(2)6(12)8-4/h4-5H,1-3H3,(H,8,12)/t4-,5+/m0/s1. The van der Waals surface area contributed by atoms with E-state index in [1.165, 1.54) is 9.80 Å².